The number of ketones is 1. The minimum atomic E-state index is -1.18. The van der Waals surface area contributed by atoms with Gasteiger partial charge in [-0.25, -0.2) is 4.79 Å². The molecule has 0 amide bonds. The molecule has 2 aromatic rings. The monoisotopic (exact) mass is 268 g/mol. The third kappa shape index (κ3) is 2.28. The fourth-order valence-corrected chi connectivity index (χ4v) is 2.05. The highest BCUT2D eigenvalue weighted by molar-refractivity contribution is 6.15. The maximum Gasteiger partial charge on any atom is 0.355 e. The first kappa shape index (κ1) is 12.4. The lowest BCUT2D eigenvalue weighted by Gasteiger charge is -2.09. The Hall–Kier alpha value is -2.62. The molecule has 0 N–H and O–H groups in total. The van der Waals surface area contributed by atoms with Crippen LogP contribution in [0.25, 0.3) is 0 Å². The third-order valence-corrected chi connectivity index (χ3v) is 3.07. The van der Waals surface area contributed by atoms with Crippen molar-refractivity contribution in [2.75, 3.05) is 0 Å². The SMILES string of the molecule is O=C(OCc1ccccc1)C1Oc2ccccc2C1=O. The van der Waals surface area contributed by atoms with Crippen molar-refractivity contribution in [3.63, 3.8) is 0 Å². The van der Waals surface area contributed by atoms with E-state index in [2.05, 4.69) is 0 Å². The van der Waals surface area contributed by atoms with Crippen LogP contribution in [-0.4, -0.2) is 17.9 Å². The Bertz CT molecular complexity index is 649. The summed E-state index contributed by atoms with van der Waals surface area (Å²) >= 11 is 0. The zero-order valence-electron chi connectivity index (χ0n) is 10.6. The summed E-state index contributed by atoms with van der Waals surface area (Å²) in [6.45, 7) is 0.128. The molecule has 0 spiro atoms. The van der Waals surface area contributed by atoms with Crippen molar-refractivity contribution in [1.82, 2.24) is 0 Å². The Kier molecular flexibility index (Phi) is 3.21. The largest absolute Gasteiger partial charge is 0.470 e. The minimum absolute atomic E-state index is 0.128. The van der Waals surface area contributed by atoms with Crippen molar-refractivity contribution in [1.29, 1.82) is 0 Å². The second-order valence-electron chi connectivity index (χ2n) is 4.45. The van der Waals surface area contributed by atoms with Crippen molar-refractivity contribution in [3.8, 4) is 5.75 Å². The molecule has 1 heterocycles. The van der Waals surface area contributed by atoms with E-state index < -0.39 is 12.1 Å². The summed E-state index contributed by atoms with van der Waals surface area (Å²) in [5, 5.41) is 0. The van der Waals surface area contributed by atoms with Crippen LogP contribution in [0.4, 0.5) is 0 Å². The van der Waals surface area contributed by atoms with Gasteiger partial charge in [-0.15, -0.1) is 0 Å². The fraction of sp³-hybridized carbons (Fsp3) is 0.125. The molecule has 0 bridgehead atoms. The number of carbonyl (C=O) groups is 2. The summed E-state index contributed by atoms with van der Waals surface area (Å²) in [6.07, 6.45) is -1.18. The van der Waals surface area contributed by atoms with Crippen LogP contribution in [0.3, 0.4) is 0 Å². The summed E-state index contributed by atoms with van der Waals surface area (Å²) in [5.41, 5.74) is 1.29. The average molecular weight is 268 g/mol. The molecule has 20 heavy (non-hydrogen) atoms. The second kappa shape index (κ2) is 5.17. The van der Waals surface area contributed by atoms with Gasteiger partial charge in [0.05, 0.1) is 5.56 Å². The first-order valence-corrected chi connectivity index (χ1v) is 6.26. The minimum Gasteiger partial charge on any atom is -0.470 e. The Labute approximate surface area is 115 Å². The highest BCUT2D eigenvalue weighted by atomic mass is 16.6. The average Bonchev–Trinajstić information content (AvgIpc) is 2.84. The molecule has 1 unspecified atom stereocenters. The van der Waals surface area contributed by atoms with Crippen LogP contribution in [0.5, 0.6) is 5.75 Å². The van der Waals surface area contributed by atoms with Crippen molar-refractivity contribution in [2.24, 2.45) is 0 Å². The molecule has 3 rings (SSSR count). The maximum absolute atomic E-state index is 12.0. The first-order valence-electron chi connectivity index (χ1n) is 6.26. The van der Waals surface area contributed by atoms with Gasteiger partial charge < -0.3 is 9.47 Å². The normalized spacial score (nSPS) is 16.4. The van der Waals surface area contributed by atoms with Crippen LogP contribution in [0.1, 0.15) is 15.9 Å². The van der Waals surface area contributed by atoms with Crippen molar-refractivity contribution < 1.29 is 19.1 Å². The summed E-state index contributed by atoms with van der Waals surface area (Å²) in [4.78, 5) is 24.0. The molecule has 1 aliphatic rings. The molecule has 0 aromatic heterocycles. The molecule has 1 atom stereocenters. The van der Waals surface area contributed by atoms with Crippen LogP contribution in [0, 0.1) is 0 Å². The van der Waals surface area contributed by atoms with E-state index in [-0.39, 0.29) is 12.4 Å². The Morgan fingerprint density at radius 1 is 1.05 bits per heavy atom. The smallest absolute Gasteiger partial charge is 0.355 e. The number of rotatable bonds is 3. The fourth-order valence-electron chi connectivity index (χ4n) is 2.05. The van der Waals surface area contributed by atoms with Gasteiger partial charge in [-0.1, -0.05) is 42.5 Å². The van der Waals surface area contributed by atoms with Crippen LogP contribution in [0.15, 0.2) is 54.6 Å². The van der Waals surface area contributed by atoms with Crippen molar-refractivity contribution in [3.05, 3.63) is 65.7 Å². The van der Waals surface area contributed by atoms with Crippen LogP contribution >= 0.6 is 0 Å². The lowest BCUT2D eigenvalue weighted by molar-refractivity contribution is -0.150. The topological polar surface area (TPSA) is 52.6 Å². The van der Waals surface area contributed by atoms with E-state index in [9.17, 15) is 9.59 Å². The van der Waals surface area contributed by atoms with Gasteiger partial charge >= 0.3 is 5.97 Å². The number of para-hydroxylation sites is 1. The summed E-state index contributed by atoms with van der Waals surface area (Å²) in [6, 6.07) is 16.1. The number of hydrogen-bond donors (Lipinski definition) is 0. The number of Topliss-reactive ketones (excluding diaryl/α,β-unsaturated/α-hetero) is 1. The van der Waals surface area contributed by atoms with E-state index in [1.54, 1.807) is 24.3 Å². The van der Waals surface area contributed by atoms with Gasteiger partial charge in [-0.3, -0.25) is 4.79 Å². The lowest BCUT2D eigenvalue weighted by atomic mass is 10.1. The number of hydrogen-bond acceptors (Lipinski definition) is 4. The molecular weight excluding hydrogens is 256 g/mol. The molecule has 0 saturated carbocycles. The predicted molar refractivity (Wildman–Crippen MR) is 71.4 cm³/mol. The zero-order valence-corrected chi connectivity index (χ0v) is 10.6. The Morgan fingerprint density at radius 2 is 1.75 bits per heavy atom. The molecule has 0 aliphatic carbocycles. The van der Waals surface area contributed by atoms with Crippen LogP contribution in [0.2, 0.25) is 0 Å². The standard InChI is InChI=1S/C16H12O4/c17-14-12-8-4-5-9-13(12)20-15(14)16(18)19-10-11-6-2-1-3-7-11/h1-9,15H,10H2. The van der Waals surface area contributed by atoms with Crippen LogP contribution in [-0.2, 0) is 16.1 Å². The number of ether oxygens (including phenoxy) is 2. The maximum atomic E-state index is 12.0. The van der Waals surface area contributed by atoms with Crippen molar-refractivity contribution in [2.45, 2.75) is 12.7 Å². The summed E-state index contributed by atoms with van der Waals surface area (Å²) < 4.78 is 10.5. The van der Waals surface area contributed by atoms with Gasteiger partial charge in [0.1, 0.15) is 12.4 Å². The Morgan fingerprint density at radius 3 is 2.50 bits per heavy atom. The van der Waals surface area contributed by atoms with E-state index in [0.717, 1.165) is 5.56 Å². The van der Waals surface area contributed by atoms with E-state index in [1.807, 2.05) is 30.3 Å². The quantitative estimate of drug-likeness (QED) is 0.633. The van der Waals surface area contributed by atoms with Crippen molar-refractivity contribution >= 4 is 11.8 Å². The first-order chi connectivity index (χ1) is 9.75. The summed E-state index contributed by atoms with van der Waals surface area (Å²) in [7, 11) is 0. The highest BCUT2D eigenvalue weighted by Gasteiger charge is 2.38. The molecule has 100 valence electrons. The highest BCUT2D eigenvalue weighted by Crippen LogP contribution is 2.28. The second-order valence-corrected chi connectivity index (χ2v) is 4.45. The van der Waals surface area contributed by atoms with Gasteiger partial charge in [-0.2, -0.15) is 0 Å². The molecule has 4 nitrogen and oxygen atoms in total. The molecule has 0 fully saturated rings. The zero-order chi connectivity index (χ0) is 13.9. The van der Waals surface area contributed by atoms with Crippen LogP contribution < -0.4 is 4.74 Å². The predicted octanol–water partition coefficient (Wildman–Crippen LogP) is 2.37. The molecule has 2 aromatic carbocycles. The third-order valence-electron chi connectivity index (χ3n) is 3.07. The van der Waals surface area contributed by atoms with E-state index in [0.29, 0.717) is 11.3 Å². The number of esters is 1. The molecule has 4 heteroatoms. The van der Waals surface area contributed by atoms with E-state index in [1.165, 1.54) is 0 Å². The van der Waals surface area contributed by atoms with E-state index in [4.69, 9.17) is 9.47 Å². The summed E-state index contributed by atoms with van der Waals surface area (Å²) in [5.74, 6) is -0.576. The number of fused-ring (bicyclic) bond motifs is 1. The van der Waals surface area contributed by atoms with Gasteiger partial charge in [-0.05, 0) is 17.7 Å². The Balaban J connectivity index is 1.66. The molecule has 0 radical (unpaired) electrons. The number of benzene rings is 2. The number of carbonyl (C=O) groups excluding carboxylic acids is 2. The molecule has 1 aliphatic heterocycles. The van der Waals surface area contributed by atoms with Gasteiger partial charge in [0, 0.05) is 0 Å². The molecule has 0 saturated heterocycles. The lowest BCUT2D eigenvalue weighted by Crippen LogP contribution is -2.32. The van der Waals surface area contributed by atoms with Gasteiger partial charge in [0.25, 0.3) is 6.10 Å². The van der Waals surface area contributed by atoms with Gasteiger partial charge in [0.15, 0.2) is 0 Å². The van der Waals surface area contributed by atoms with E-state index >= 15 is 0 Å². The molecular formula is C16H12O4. The van der Waals surface area contributed by atoms with Gasteiger partial charge in [0.2, 0.25) is 5.78 Å².